The monoisotopic (exact) mass is 664 g/mol. The zero-order valence-corrected chi connectivity index (χ0v) is 31.6. The Hall–Kier alpha value is -1.07. The average molecular weight is 665 g/mol. The fourth-order valence-corrected chi connectivity index (χ4v) is 12.9. The number of nitrogens with zero attached hydrogens (tertiary/aromatic N) is 2. The van der Waals surface area contributed by atoms with Crippen molar-refractivity contribution in [2.24, 2.45) is 22.7 Å². The van der Waals surface area contributed by atoms with E-state index in [0.717, 1.165) is 49.2 Å². The molecule has 7 atom stereocenters. The third-order valence-electron chi connectivity index (χ3n) is 12.6. The Kier molecular flexibility index (Phi) is 8.78. The number of rotatable bonds is 11. The Morgan fingerprint density at radius 1 is 1.30 bits per heavy atom. The number of carbonyl (C=O) groups is 1. The molecule has 4 aliphatic rings. The van der Waals surface area contributed by atoms with Crippen LogP contribution in [0.15, 0.2) is 11.0 Å². The van der Waals surface area contributed by atoms with Gasteiger partial charge in [0.15, 0.2) is 8.32 Å². The smallest absolute Gasteiger partial charge is 0.239 e. The van der Waals surface area contributed by atoms with Gasteiger partial charge in [0.25, 0.3) is 0 Å². The molecule has 2 aliphatic heterocycles. The topological polar surface area (TPSA) is 89.1 Å². The van der Waals surface area contributed by atoms with Crippen LogP contribution in [0, 0.1) is 29.6 Å². The van der Waals surface area contributed by atoms with Crippen LogP contribution in [0.5, 0.6) is 0 Å². The summed E-state index contributed by atoms with van der Waals surface area (Å²) >= 11 is 1.66. The number of thiazole rings is 1. The van der Waals surface area contributed by atoms with Crippen molar-refractivity contribution < 1.29 is 22.4 Å². The Labute approximate surface area is 271 Å². The number of ether oxygens (including phenoxy) is 1. The molecular weight excluding hydrogens is 609 g/mol. The lowest BCUT2D eigenvalue weighted by atomic mass is 9.69. The number of fused-ring (bicyclic) bond motifs is 1. The van der Waals surface area contributed by atoms with E-state index in [2.05, 4.69) is 78.0 Å². The fourth-order valence-electron chi connectivity index (χ4n) is 8.31. The van der Waals surface area contributed by atoms with E-state index in [4.69, 9.17) is 9.16 Å². The molecule has 0 radical (unpaired) electrons. The molecule has 4 fully saturated rings. The molecular formula is C34H56N2O5S2Si. The number of aromatic nitrogens is 1. The van der Waals surface area contributed by atoms with Gasteiger partial charge >= 0.3 is 0 Å². The SMILES string of the molecule is C/C(=C\c1csc(C)n1)[C@H](C[C@@H]1O[C@]1(C)CCC[C@H](C)C(=O)N1[C@H]2C[C@@H]3CC[C@@]2(CS1(=O)=O)C3(C)C)O[Si](C)(C)C(C)(C)C. The summed E-state index contributed by atoms with van der Waals surface area (Å²) in [4.78, 5) is 18.3. The van der Waals surface area contributed by atoms with E-state index in [9.17, 15) is 13.2 Å². The molecule has 10 heteroatoms. The molecule has 7 nitrogen and oxygen atoms in total. The van der Waals surface area contributed by atoms with Gasteiger partial charge in [-0.25, -0.2) is 17.7 Å². The average Bonchev–Trinajstić information content (AvgIpc) is 3.11. The third kappa shape index (κ3) is 5.93. The predicted octanol–water partition coefficient (Wildman–Crippen LogP) is 7.97. The first-order valence-corrected chi connectivity index (χ1v) is 22.1. The maximum absolute atomic E-state index is 13.7. The highest BCUT2D eigenvalue weighted by molar-refractivity contribution is 7.90. The summed E-state index contributed by atoms with van der Waals surface area (Å²) in [5, 5.41) is 3.24. The highest BCUT2D eigenvalue weighted by Gasteiger charge is 2.72. The van der Waals surface area contributed by atoms with Crippen molar-refractivity contribution in [1.29, 1.82) is 0 Å². The lowest BCUT2D eigenvalue weighted by molar-refractivity contribution is -0.133. The molecule has 1 spiro atoms. The molecule has 248 valence electrons. The Balaban J connectivity index is 1.20. The number of hydrogen-bond acceptors (Lipinski definition) is 7. The van der Waals surface area contributed by atoms with E-state index < -0.39 is 18.3 Å². The molecule has 1 amide bonds. The third-order valence-corrected chi connectivity index (χ3v) is 19.8. The maximum atomic E-state index is 13.7. The second-order valence-corrected chi connectivity index (χ2v) is 24.4. The van der Waals surface area contributed by atoms with E-state index in [-0.39, 0.29) is 57.3 Å². The highest BCUT2D eigenvalue weighted by atomic mass is 32.2. The molecule has 2 saturated carbocycles. The van der Waals surface area contributed by atoms with Crippen molar-refractivity contribution in [2.75, 3.05) is 5.75 Å². The molecule has 5 rings (SSSR count). The molecule has 1 aromatic rings. The maximum Gasteiger partial charge on any atom is 0.239 e. The van der Waals surface area contributed by atoms with Crippen molar-refractivity contribution >= 4 is 41.7 Å². The summed E-state index contributed by atoms with van der Waals surface area (Å²) < 4.78 is 41.4. The van der Waals surface area contributed by atoms with Crippen LogP contribution in [-0.2, 0) is 24.0 Å². The van der Waals surface area contributed by atoms with E-state index in [1.165, 1.54) is 9.88 Å². The van der Waals surface area contributed by atoms with Crippen molar-refractivity contribution in [3.05, 3.63) is 21.7 Å². The lowest BCUT2D eigenvalue weighted by Gasteiger charge is -2.39. The quantitative estimate of drug-likeness (QED) is 0.176. The summed E-state index contributed by atoms with van der Waals surface area (Å²) in [7, 11) is -5.62. The van der Waals surface area contributed by atoms with Gasteiger partial charge in [-0.3, -0.25) is 4.79 Å². The van der Waals surface area contributed by atoms with Crippen LogP contribution in [0.4, 0.5) is 0 Å². The van der Waals surface area contributed by atoms with Gasteiger partial charge in [-0.1, -0.05) is 41.5 Å². The van der Waals surface area contributed by atoms with Crippen LogP contribution in [0.1, 0.15) is 111 Å². The largest absolute Gasteiger partial charge is 0.410 e. The first kappa shape index (κ1) is 34.3. The van der Waals surface area contributed by atoms with Gasteiger partial charge < -0.3 is 9.16 Å². The molecule has 3 heterocycles. The highest BCUT2D eigenvalue weighted by Crippen LogP contribution is 2.70. The van der Waals surface area contributed by atoms with Crippen molar-refractivity contribution in [3.63, 3.8) is 0 Å². The second-order valence-electron chi connectivity index (χ2n) is 16.7. The molecule has 0 unspecified atom stereocenters. The van der Waals surface area contributed by atoms with Crippen LogP contribution in [0.2, 0.25) is 18.1 Å². The van der Waals surface area contributed by atoms with Gasteiger partial charge in [-0.15, -0.1) is 11.3 Å². The van der Waals surface area contributed by atoms with Crippen molar-refractivity contribution in [2.45, 2.75) is 149 Å². The Morgan fingerprint density at radius 2 is 1.98 bits per heavy atom. The van der Waals surface area contributed by atoms with Gasteiger partial charge in [0.1, 0.15) is 0 Å². The Bertz CT molecular complexity index is 1410. The number of sulfonamides is 1. The van der Waals surface area contributed by atoms with Crippen LogP contribution in [0.25, 0.3) is 6.08 Å². The zero-order valence-electron chi connectivity index (χ0n) is 29.0. The van der Waals surface area contributed by atoms with E-state index >= 15 is 0 Å². The normalized spacial score (nSPS) is 33.8. The lowest BCUT2D eigenvalue weighted by Crippen LogP contribution is -2.45. The molecule has 2 aliphatic carbocycles. The molecule has 0 N–H and O–H groups in total. The Morgan fingerprint density at radius 3 is 2.57 bits per heavy atom. The van der Waals surface area contributed by atoms with Gasteiger partial charge in [0, 0.05) is 23.1 Å². The van der Waals surface area contributed by atoms with Crippen molar-refractivity contribution in [3.8, 4) is 0 Å². The van der Waals surface area contributed by atoms with Gasteiger partial charge in [-0.2, -0.15) is 0 Å². The van der Waals surface area contributed by atoms with Gasteiger partial charge in [-0.05, 0) is 100 Å². The molecule has 2 bridgehead atoms. The molecule has 44 heavy (non-hydrogen) atoms. The number of epoxide rings is 1. The van der Waals surface area contributed by atoms with Crippen LogP contribution < -0.4 is 0 Å². The zero-order chi connectivity index (χ0) is 32.7. The van der Waals surface area contributed by atoms with Crippen molar-refractivity contribution in [1.82, 2.24) is 9.29 Å². The van der Waals surface area contributed by atoms with E-state index in [0.29, 0.717) is 12.3 Å². The standard InChI is InChI=1S/C34H56N2O5S2Si/c1-22(30(37)36-28-18-25-14-16-34(28,32(25,7)8)21-43(36,38)39)13-12-15-33(9)29(40-33)19-27(41-44(10,11)31(4,5)6)23(2)17-26-20-42-24(3)35-26/h17,20,22,25,27-29H,12-16,18-19,21H2,1-11H3/b23-17+/t22-,25-,27-,28-,29-,33+,34-/m0/s1. The van der Waals surface area contributed by atoms with Gasteiger partial charge in [0.2, 0.25) is 15.9 Å². The van der Waals surface area contributed by atoms with Gasteiger partial charge in [0.05, 0.1) is 40.3 Å². The summed E-state index contributed by atoms with van der Waals surface area (Å²) in [6.07, 6.45) is 8.12. The number of carbonyl (C=O) groups excluding carboxylic acids is 1. The fraction of sp³-hybridized carbons (Fsp3) is 0.824. The minimum atomic E-state index is -3.58. The first-order chi connectivity index (χ1) is 20.1. The van der Waals surface area contributed by atoms with E-state index in [1.54, 1.807) is 11.3 Å². The number of amides is 1. The predicted molar refractivity (Wildman–Crippen MR) is 181 cm³/mol. The van der Waals surface area contributed by atoms with Crippen LogP contribution in [-0.4, -0.2) is 61.5 Å². The first-order valence-electron chi connectivity index (χ1n) is 16.7. The summed E-state index contributed by atoms with van der Waals surface area (Å²) in [6.45, 7) is 24.1. The summed E-state index contributed by atoms with van der Waals surface area (Å²) in [6, 6.07) is -0.160. The molecule has 0 aromatic carbocycles. The number of hydrogen-bond donors (Lipinski definition) is 0. The second kappa shape index (κ2) is 11.3. The summed E-state index contributed by atoms with van der Waals surface area (Å²) in [5.41, 5.74) is 1.59. The minimum absolute atomic E-state index is 0.0330. The number of aryl methyl sites for hydroxylation is 1. The van der Waals surface area contributed by atoms with Crippen LogP contribution in [0.3, 0.4) is 0 Å². The molecule has 2 saturated heterocycles. The minimum Gasteiger partial charge on any atom is -0.410 e. The summed E-state index contributed by atoms with van der Waals surface area (Å²) in [5.74, 6) is 0.110. The van der Waals surface area contributed by atoms with Crippen LogP contribution >= 0.6 is 11.3 Å². The van der Waals surface area contributed by atoms with E-state index in [1.807, 2.05) is 13.8 Å². The molecule has 1 aromatic heterocycles.